The number of nitrogens with zero attached hydrogens (tertiary/aromatic N) is 2. The van der Waals surface area contributed by atoms with Gasteiger partial charge in [-0.1, -0.05) is 12.8 Å². The molecular formula is C19H22N2O5. The number of aromatic nitrogens is 2. The molecule has 138 valence electrons. The summed E-state index contributed by atoms with van der Waals surface area (Å²) in [7, 11) is 0. The van der Waals surface area contributed by atoms with Gasteiger partial charge in [0.1, 0.15) is 5.82 Å². The highest BCUT2D eigenvalue weighted by molar-refractivity contribution is 5.94. The Bertz CT molecular complexity index is 887. The van der Waals surface area contributed by atoms with Crippen LogP contribution in [-0.2, 0) is 27.2 Å². The molecule has 26 heavy (non-hydrogen) atoms. The topological polar surface area (TPSA) is 87.5 Å². The minimum absolute atomic E-state index is 0.0710. The Morgan fingerprint density at radius 3 is 2.77 bits per heavy atom. The fourth-order valence-corrected chi connectivity index (χ4v) is 3.13. The maximum absolute atomic E-state index is 12.8. The van der Waals surface area contributed by atoms with Gasteiger partial charge < -0.3 is 9.47 Å². The molecule has 0 aliphatic carbocycles. The number of esters is 2. The molecule has 0 amide bonds. The van der Waals surface area contributed by atoms with Crippen molar-refractivity contribution in [2.75, 3.05) is 13.2 Å². The first-order chi connectivity index (χ1) is 12.6. The van der Waals surface area contributed by atoms with Crippen molar-refractivity contribution < 1.29 is 19.1 Å². The van der Waals surface area contributed by atoms with Crippen molar-refractivity contribution in [1.82, 2.24) is 9.55 Å². The number of carbonyl (C=O) groups is 2. The second-order valence-corrected chi connectivity index (χ2v) is 6.26. The third-order valence-electron chi connectivity index (χ3n) is 4.43. The number of benzene rings is 1. The summed E-state index contributed by atoms with van der Waals surface area (Å²) >= 11 is 0. The molecule has 0 fully saturated rings. The van der Waals surface area contributed by atoms with Crippen LogP contribution >= 0.6 is 0 Å². The van der Waals surface area contributed by atoms with Gasteiger partial charge in [0.2, 0.25) is 0 Å². The Kier molecular flexibility index (Phi) is 5.65. The Balaban J connectivity index is 1.88. The Labute approximate surface area is 150 Å². The summed E-state index contributed by atoms with van der Waals surface area (Å²) in [5.41, 5.74) is 0.662. The van der Waals surface area contributed by atoms with Crippen molar-refractivity contribution in [3.8, 4) is 0 Å². The summed E-state index contributed by atoms with van der Waals surface area (Å²) in [6.07, 6.45) is 4.98. The van der Waals surface area contributed by atoms with Crippen LogP contribution in [0.5, 0.6) is 0 Å². The van der Waals surface area contributed by atoms with Crippen LogP contribution in [-0.4, -0.2) is 34.7 Å². The molecule has 0 spiro atoms. The highest BCUT2D eigenvalue weighted by Gasteiger charge is 2.16. The molecule has 1 aliphatic rings. The Morgan fingerprint density at radius 1 is 1.15 bits per heavy atom. The average molecular weight is 358 g/mol. The zero-order valence-electron chi connectivity index (χ0n) is 14.8. The van der Waals surface area contributed by atoms with Crippen LogP contribution in [0.25, 0.3) is 10.9 Å². The van der Waals surface area contributed by atoms with Crippen LogP contribution < -0.4 is 5.56 Å². The molecule has 1 aliphatic heterocycles. The summed E-state index contributed by atoms with van der Waals surface area (Å²) in [6, 6.07) is 4.66. The highest BCUT2D eigenvalue weighted by atomic mass is 16.6. The lowest BCUT2D eigenvalue weighted by molar-refractivity contribution is -0.146. The predicted octanol–water partition coefficient (Wildman–Crippen LogP) is 2.23. The highest BCUT2D eigenvalue weighted by Crippen LogP contribution is 2.16. The van der Waals surface area contributed by atoms with Crippen molar-refractivity contribution >= 4 is 22.8 Å². The fourth-order valence-electron chi connectivity index (χ4n) is 3.13. The third-order valence-corrected chi connectivity index (χ3v) is 4.43. The van der Waals surface area contributed by atoms with Gasteiger partial charge in [0.15, 0.2) is 6.61 Å². The minimum atomic E-state index is -0.645. The molecule has 0 bridgehead atoms. The molecule has 0 N–H and O–H groups in total. The van der Waals surface area contributed by atoms with Gasteiger partial charge in [-0.25, -0.2) is 14.6 Å². The van der Waals surface area contributed by atoms with Gasteiger partial charge >= 0.3 is 11.9 Å². The number of hydrogen-bond acceptors (Lipinski definition) is 6. The molecule has 7 nitrogen and oxygen atoms in total. The van der Waals surface area contributed by atoms with E-state index in [1.54, 1.807) is 23.6 Å². The van der Waals surface area contributed by atoms with E-state index in [1.165, 1.54) is 6.07 Å². The number of aryl methyl sites for hydroxylation is 1. The van der Waals surface area contributed by atoms with Crippen LogP contribution in [0.1, 0.15) is 48.8 Å². The molecule has 0 atom stereocenters. The van der Waals surface area contributed by atoms with Crippen LogP contribution in [0.15, 0.2) is 23.0 Å². The molecule has 0 radical (unpaired) electrons. The lowest BCUT2D eigenvalue weighted by atomic mass is 10.1. The van der Waals surface area contributed by atoms with E-state index in [2.05, 4.69) is 4.98 Å². The van der Waals surface area contributed by atoms with Crippen molar-refractivity contribution in [3.05, 3.63) is 39.9 Å². The molecule has 1 aromatic heterocycles. The third kappa shape index (κ3) is 3.92. The van der Waals surface area contributed by atoms with Gasteiger partial charge in [0.25, 0.3) is 5.56 Å². The number of rotatable bonds is 4. The van der Waals surface area contributed by atoms with E-state index in [4.69, 9.17) is 9.47 Å². The average Bonchev–Trinajstić information content (AvgIpc) is 2.61. The first-order valence-electron chi connectivity index (χ1n) is 8.96. The summed E-state index contributed by atoms with van der Waals surface area (Å²) in [5, 5.41) is 0.483. The number of ether oxygens (including phenoxy) is 2. The van der Waals surface area contributed by atoms with E-state index in [1.807, 2.05) is 0 Å². The van der Waals surface area contributed by atoms with Gasteiger partial charge in [0.05, 0.1) is 23.1 Å². The van der Waals surface area contributed by atoms with Crippen LogP contribution in [0.2, 0.25) is 0 Å². The second kappa shape index (κ2) is 8.12. The lowest BCUT2D eigenvalue weighted by Crippen LogP contribution is -2.26. The van der Waals surface area contributed by atoms with E-state index >= 15 is 0 Å². The normalized spacial score (nSPS) is 14.2. The van der Waals surface area contributed by atoms with E-state index in [9.17, 15) is 14.4 Å². The molecule has 0 unspecified atom stereocenters. The van der Waals surface area contributed by atoms with Gasteiger partial charge in [-0.15, -0.1) is 0 Å². The first kappa shape index (κ1) is 18.1. The summed E-state index contributed by atoms with van der Waals surface area (Å²) < 4.78 is 11.4. The number of fused-ring (bicyclic) bond motifs is 2. The molecule has 3 rings (SSSR count). The Morgan fingerprint density at radius 2 is 1.96 bits per heavy atom. The van der Waals surface area contributed by atoms with Crippen LogP contribution in [0.4, 0.5) is 0 Å². The smallest absolute Gasteiger partial charge is 0.344 e. The van der Waals surface area contributed by atoms with Crippen molar-refractivity contribution in [1.29, 1.82) is 0 Å². The molecule has 2 aromatic rings. The van der Waals surface area contributed by atoms with Gasteiger partial charge in [0, 0.05) is 13.0 Å². The minimum Gasteiger partial charge on any atom is -0.463 e. The predicted molar refractivity (Wildman–Crippen MR) is 95.1 cm³/mol. The SMILES string of the molecule is CCOC(=O)COC(=O)c1ccc2c(=O)n3c(nc2c1)CCCCCC3. The maximum atomic E-state index is 12.8. The quantitative estimate of drug-likeness (QED) is 0.779. The largest absolute Gasteiger partial charge is 0.463 e. The summed E-state index contributed by atoms with van der Waals surface area (Å²) in [5.74, 6) is -0.479. The standard InChI is InChI=1S/C19H22N2O5/c1-2-25-17(22)12-26-19(24)13-8-9-14-15(11-13)20-16-7-5-3-4-6-10-21(16)18(14)23/h8-9,11H,2-7,10,12H2,1H3. The van der Waals surface area contributed by atoms with Gasteiger partial charge in [-0.3, -0.25) is 9.36 Å². The molecule has 1 aromatic carbocycles. The zero-order valence-corrected chi connectivity index (χ0v) is 14.8. The van der Waals surface area contributed by atoms with E-state index in [-0.39, 0.29) is 17.7 Å². The summed E-state index contributed by atoms with van der Waals surface area (Å²) in [4.78, 5) is 40.8. The molecule has 2 heterocycles. The van der Waals surface area contributed by atoms with Crippen molar-refractivity contribution in [2.45, 2.75) is 45.6 Å². The summed E-state index contributed by atoms with van der Waals surface area (Å²) in [6.45, 7) is 2.15. The molecule has 0 saturated heterocycles. The number of carbonyl (C=O) groups excluding carboxylic acids is 2. The molecule has 0 saturated carbocycles. The second-order valence-electron chi connectivity index (χ2n) is 6.26. The van der Waals surface area contributed by atoms with E-state index in [0.29, 0.717) is 17.4 Å². The maximum Gasteiger partial charge on any atom is 0.344 e. The van der Waals surface area contributed by atoms with Gasteiger partial charge in [-0.05, 0) is 38.0 Å². The van der Waals surface area contributed by atoms with Crippen molar-refractivity contribution in [2.24, 2.45) is 0 Å². The lowest BCUT2D eigenvalue weighted by Gasteiger charge is -2.16. The monoisotopic (exact) mass is 358 g/mol. The van der Waals surface area contributed by atoms with Crippen LogP contribution in [0, 0.1) is 0 Å². The van der Waals surface area contributed by atoms with Crippen LogP contribution in [0.3, 0.4) is 0 Å². The molecular weight excluding hydrogens is 336 g/mol. The Hall–Kier alpha value is -2.70. The van der Waals surface area contributed by atoms with Gasteiger partial charge in [-0.2, -0.15) is 0 Å². The fraction of sp³-hybridized carbons (Fsp3) is 0.474. The van der Waals surface area contributed by atoms with E-state index in [0.717, 1.165) is 37.9 Å². The number of hydrogen-bond donors (Lipinski definition) is 0. The van der Waals surface area contributed by atoms with E-state index < -0.39 is 18.5 Å². The molecule has 7 heteroatoms. The van der Waals surface area contributed by atoms with Crippen molar-refractivity contribution in [3.63, 3.8) is 0 Å². The zero-order chi connectivity index (χ0) is 18.5. The first-order valence-corrected chi connectivity index (χ1v) is 8.96.